The van der Waals surface area contributed by atoms with E-state index < -0.39 is 0 Å². The fourth-order valence-electron chi connectivity index (χ4n) is 1.32. The second-order valence-electron chi connectivity index (χ2n) is 3.67. The molecule has 0 heterocycles. The van der Waals surface area contributed by atoms with Crippen LogP contribution in [0, 0.1) is 0 Å². The summed E-state index contributed by atoms with van der Waals surface area (Å²) in [6, 6.07) is 6.71. The average Bonchev–Trinajstić information content (AvgIpc) is 2.34. The molecule has 1 rings (SSSR count). The van der Waals surface area contributed by atoms with Crippen LogP contribution in [0.2, 0.25) is 0 Å². The van der Waals surface area contributed by atoms with E-state index in [1.54, 1.807) is 31.2 Å². The number of rotatable bonds is 6. The predicted octanol–water partition coefficient (Wildman–Crippen LogP) is 2.22. The Morgan fingerprint density at radius 2 is 1.82 bits per heavy atom. The van der Waals surface area contributed by atoms with E-state index in [2.05, 4.69) is 4.74 Å². The van der Waals surface area contributed by atoms with Crippen LogP contribution < -0.4 is 4.74 Å². The molecule has 0 aliphatic heterocycles. The highest BCUT2D eigenvalue weighted by atomic mass is 16.5. The molecule has 0 N–H and O–H groups in total. The Morgan fingerprint density at radius 1 is 1.18 bits per heavy atom. The Hall–Kier alpha value is -1.84. The van der Waals surface area contributed by atoms with Gasteiger partial charge in [-0.25, -0.2) is 4.79 Å². The summed E-state index contributed by atoms with van der Waals surface area (Å²) >= 11 is 0. The largest absolute Gasteiger partial charge is 0.494 e. The predicted molar refractivity (Wildman–Crippen MR) is 63.2 cm³/mol. The summed E-state index contributed by atoms with van der Waals surface area (Å²) in [5.74, 6) is 0.476. The van der Waals surface area contributed by atoms with Gasteiger partial charge < -0.3 is 14.3 Å². The van der Waals surface area contributed by atoms with Crippen molar-refractivity contribution in [1.29, 1.82) is 0 Å². The Balaban J connectivity index is 2.40. The Bertz CT molecular complexity index is 381. The van der Waals surface area contributed by atoms with Crippen molar-refractivity contribution in [3.05, 3.63) is 29.8 Å². The molecule has 0 saturated heterocycles. The van der Waals surface area contributed by atoms with E-state index in [1.807, 2.05) is 0 Å². The molecule has 4 nitrogen and oxygen atoms in total. The third-order valence-corrected chi connectivity index (χ3v) is 2.22. The number of Topliss-reactive ketones (excluding diaryl/α,β-unsaturated/α-hetero) is 1. The van der Waals surface area contributed by atoms with E-state index in [-0.39, 0.29) is 11.8 Å². The summed E-state index contributed by atoms with van der Waals surface area (Å²) in [4.78, 5) is 21.9. The van der Waals surface area contributed by atoms with E-state index in [4.69, 9.17) is 4.74 Å². The van der Waals surface area contributed by atoms with Crippen molar-refractivity contribution in [3.8, 4) is 5.75 Å². The van der Waals surface area contributed by atoms with Crippen LogP contribution in [0.3, 0.4) is 0 Å². The van der Waals surface area contributed by atoms with E-state index in [0.717, 1.165) is 0 Å². The molecule has 0 fully saturated rings. The molecule has 0 radical (unpaired) electrons. The molecule has 0 saturated carbocycles. The van der Waals surface area contributed by atoms with Gasteiger partial charge in [0.05, 0.1) is 19.3 Å². The smallest absolute Gasteiger partial charge is 0.337 e. The van der Waals surface area contributed by atoms with Crippen LogP contribution in [0.15, 0.2) is 24.3 Å². The number of carbonyl (C=O) groups is 2. The molecule has 0 bridgehead atoms. The molecule has 17 heavy (non-hydrogen) atoms. The lowest BCUT2D eigenvalue weighted by Crippen LogP contribution is -2.02. The SMILES string of the molecule is COC(=O)c1ccc(OCCCC(C)=O)cc1. The topological polar surface area (TPSA) is 52.6 Å². The van der Waals surface area contributed by atoms with Crippen LogP contribution in [0.1, 0.15) is 30.1 Å². The lowest BCUT2D eigenvalue weighted by molar-refractivity contribution is -0.117. The molecule has 92 valence electrons. The summed E-state index contributed by atoms with van der Waals surface area (Å²) in [6.07, 6.45) is 1.23. The summed E-state index contributed by atoms with van der Waals surface area (Å²) in [5, 5.41) is 0. The van der Waals surface area contributed by atoms with Gasteiger partial charge in [-0.15, -0.1) is 0 Å². The summed E-state index contributed by atoms with van der Waals surface area (Å²) in [6.45, 7) is 2.06. The maximum absolute atomic E-state index is 11.2. The molecule has 0 spiro atoms. The molecular weight excluding hydrogens is 220 g/mol. The quantitative estimate of drug-likeness (QED) is 0.561. The highest BCUT2D eigenvalue weighted by molar-refractivity contribution is 5.89. The van der Waals surface area contributed by atoms with Gasteiger partial charge in [0, 0.05) is 6.42 Å². The zero-order chi connectivity index (χ0) is 12.7. The fourth-order valence-corrected chi connectivity index (χ4v) is 1.32. The molecule has 0 aromatic heterocycles. The molecule has 0 aliphatic carbocycles. The van der Waals surface area contributed by atoms with Gasteiger partial charge in [0.2, 0.25) is 0 Å². The minimum absolute atomic E-state index is 0.162. The van der Waals surface area contributed by atoms with Crippen LogP contribution in [0.25, 0.3) is 0 Å². The van der Waals surface area contributed by atoms with Crippen LogP contribution in [-0.4, -0.2) is 25.5 Å². The Morgan fingerprint density at radius 3 is 2.35 bits per heavy atom. The number of carbonyl (C=O) groups excluding carboxylic acids is 2. The van der Waals surface area contributed by atoms with E-state index in [1.165, 1.54) is 7.11 Å². The average molecular weight is 236 g/mol. The molecule has 1 aromatic rings. The van der Waals surface area contributed by atoms with E-state index in [0.29, 0.717) is 30.8 Å². The lowest BCUT2D eigenvalue weighted by Gasteiger charge is -2.05. The van der Waals surface area contributed by atoms with Gasteiger partial charge in [0.15, 0.2) is 0 Å². The first kappa shape index (κ1) is 13.2. The number of hydrogen-bond acceptors (Lipinski definition) is 4. The number of ether oxygens (including phenoxy) is 2. The van der Waals surface area contributed by atoms with Crippen LogP contribution in [-0.2, 0) is 9.53 Å². The number of hydrogen-bond donors (Lipinski definition) is 0. The van der Waals surface area contributed by atoms with Gasteiger partial charge in [-0.05, 0) is 37.6 Å². The molecule has 0 atom stereocenters. The molecular formula is C13H16O4. The number of ketones is 1. The second kappa shape index (κ2) is 6.68. The fraction of sp³-hybridized carbons (Fsp3) is 0.385. The van der Waals surface area contributed by atoms with Crippen molar-refractivity contribution in [3.63, 3.8) is 0 Å². The highest BCUT2D eigenvalue weighted by Crippen LogP contribution is 2.13. The summed E-state index contributed by atoms with van der Waals surface area (Å²) < 4.78 is 10.0. The maximum Gasteiger partial charge on any atom is 0.337 e. The molecule has 0 aliphatic rings. The monoisotopic (exact) mass is 236 g/mol. The Kier molecular flexibility index (Phi) is 5.20. The summed E-state index contributed by atoms with van der Waals surface area (Å²) in [7, 11) is 1.34. The maximum atomic E-state index is 11.2. The first-order valence-electron chi connectivity index (χ1n) is 5.44. The van der Waals surface area contributed by atoms with Gasteiger partial charge in [-0.3, -0.25) is 0 Å². The molecule has 4 heteroatoms. The van der Waals surface area contributed by atoms with Gasteiger partial charge in [0.1, 0.15) is 11.5 Å². The minimum atomic E-state index is -0.367. The van der Waals surface area contributed by atoms with Gasteiger partial charge in [-0.2, -0.15) is 0 Å². The van der Waals surface area contributed by atoms with Gasteiger partial charge in [0.25, 0.3) is 0 Å². The minimum Gasteiger partial charge on any atom is -0.494 e. The van der Waals surface area contributed by atoms with Crippen molar-refractivity contribution >= 4 is 11.8 Å². The lowest BCUT2D eigenvalue weighted by atomic mass is 10.2. The van der Waals surface area contributed by atoms with Gasteiger partial charge >= 0.3 is 5.97 Å². The van der Waals surface area contributed by atoms with Crippen molar-refractivity contribution in [2.75, 3.05) is 13.7 Å². The number of benzene rings is 1. The number of esters is 1. The third kappa shape index (κ3) is 4.68. The normalized spacial score (nSPS) is 9.76. The number of methoxy groups -OCH3 is 1. The highest BCUT2D eigenvalue weighted by Gasteiger charge is 2.04. The third-order valence-electron chi connectivity index (χ3n) is 2.22. The zero-order valence-corrected chi connectivity index (χ0v) is 10.1. The second-order valence-corrected chi connectivity index (χ2v) is 3.67. The first-order chi connectivity index (χ1) is 8.13. The first-order valence-corrected chi connectivity index (χ1v) is 5.44. The van der Waals surface area contributed by atoms with E-state index in [9.17, 15) is 9.59 Å². The van der Waals surface area contributed by atoms with Crippen molar-refractivity contribution < 1.29 is 19.1 Å². The Labute approximate surface area is 101 Å². The van der Waals surface area contributed by atoms with Gasteiger partial charge in [-0.1, -0.05) is 0 Å². The van der Waals surface area contributed by atoms with Crippen LogP contribution in [0.5, 0.6) is 5.75 Å². The summed E-state index contributed by atoms with van der Waals surface area (Å²) in [5.41, 5.74) is 0.489. The van der Waals surface area contributed by atoms with Crippen molar-refractivity contribution in [2.45, 2.75) is 19.8 Å². The molecule has 1 aromatic carbocycles. The standard InChI is InChI=1S/C13H16O4/c1-10(14)4-3-9-17-12-7-5-11(6-8-12)13(15)16-2/h5-8H,3-4,9H2,1-2H3. The zero-order valence-electron chi connectivity index (χ0n) is 10.1. The van der Waals surface area contributed by atoms with E-state index >= 15 is 0 Å². The molecule has 0 unspecified atom stereocenters. The van der Waals surface area contributed by atoms with Crippen LogP contribution >= 0.6 is 0 Å². The molecule has 0 amide bonds. The van der Waals surface area contributed by atoms with Crippen molar-refractivity contribution in [2.24, 2.45) is 0 Å². The van der Waals surface area contributed by atoms with Crippen LogP contribution in [0.4, 0.5) is 0 Å². The van der Waals surface area contributed by atoms with Crippen molar-refractivity contribution in [1.82, 2.24) is 0 Å².